The third-order valence-electron chi connectivity index (χ3n) is 4.10. The highest BCUT2D eigenvalue weighted by Gasteiger charge is 2.34. The molecule has 0 fully saturated rings. The fourth-order valence-electron chi connectivity index (χ4n) is 2.82. The average molecular weight is 338 g/mol. The second-order valence-electron chi connectivity index (χ2n) is 5.94. The molecule has 1 N–H and O–H groups in total. The van der Waals surface area contributed by atoms with Crippen LogP contribution in [-0.2, 0) is 11.2 Å². The predicted molar refractivity (Wildman–Crippen MR) is 93.0 cm³/mol. The highest BCUT2D eigenvalue weighted by molar-refractivity contribution is 5.96. The lowest BCUT2D eigenvalue weighted by molar-refractivity contribution is -0.128. The van der Waals surface area contributed by atoms with E-state index < -0.39 is 12.2 Å². The first-order valence-electron chi connectivity index (χ1n) is 8.26. The summed E-state index contributed by atoms with van der Waals surface area (Å²) in [5.74, 6) is 1.63. The van der Waals surface area contributed by atoms with E-state index in [9.17, 15) is 4.79 Å². The number of benzene rings is 2. The summed E-state index contributed by atoms with van der Waals surface area (Å²) in [4.78, 5) is 17.0. The van der Waals surface area contributed by atoms with Crippen LogP contribution in [0, 0.1) is 0 Å². The van der Waals surface area contributed by atoms with Crippen LogP contribution in [0.3, 0.4) is 0 Å². The molecule has 6 heteroatoms. The number of ether oxygens (including phenoxy) is 2. The molecule has 0 saturated heterocycles. The zero-order valence-corrected chi connectivity index (χ0v) is 14.0. The van der Waals surface area contributed by atoms with E-state index in [-0.39, 0.29) is 5.91 Å². The van der Waals surface area contributed by atoms with Crippen LogP contribution in [0.5, 0.6) is 11.5 Å². The lowest BCUT2D eigenvalue weighted by atomic mass is 10.1. The average Bonchev–Trinajstić information content (AvgIpc) is 3.03. The Bertz CT molecular complexity index is 934. The van der Waals surface area contributed by atoms with E-state index in [1.165, 1.54) is 0 Å². The highest BCUT2D eigenvalue weighted by Crippen LogP contribution is 2.33. The molecule has 1 amide bonds. The number of carbonyl (C=O) groups excluding carboxylic acids is 1. The van der Waals surface area contributed by atoms with Gasteiger partial charge in [-0.05, 0) is 37.3 Å². The fourth-order valence-corrected chi connectivity index (χ4v) is 2.82. The number of para-hydroxylation sites is 2. The quantitative estimate of drug-likeness (QED) is 0.790. The third-order valence-corrected chi connectivity index (χ3v) is 4.10. The standard InChI is InChI=1S/C19H18N2O4/c1-3-17-21-13-10-12(8-9-14(13)24-17)20-19(22)18-11(2)23-15-6-4-5-7-16(15)25-18/h4-11,18H,3H2,1-2H3,(H,20,22). The number of rotatable bonds is 3. The Morgan fingerprint density at radius 3 is 2.68 bits per heavy atom. The largest absolute Gasteiger partial charge is 0.482 e. The van der Waals surface area contributed by atoms with Gasteiger partial charge in [-0.1, -0.05) is 19.1 Å². The van der Waals surface area contributed by atoms with Gasteiger partial charge in [0, 0.05) is 12.1 Å². The molecule has 0 radical (unpaired) electrons. The molecule has 1 aromatic heterocycles. The summed E-state index contributed by atoms with van der Waals surface area (Å²) in [5.41, 5.74) is 2.06. The molecule has 2 aromatic carbocycles. The third kappa shape index (κ3) is 2.91. The number of nitrogens with zero attached hydrogens (tertiary/aromatic N) is 1. The van der Waals surface area contributed by atoms with E-state index in [0.717, 1.165) is 6.42 Å². The zero-order valence-electron chi connectivity index (χ0n) is 14.0. The van der Waals surface area contributed by atoms with Crippen LogP contribution in [0.15, 0.2) is 46.9 Å². The van der Waals surface area contributed by atoms with Crippen molar-refractivity contribution in [3.8, 4) is 11.5 Å². The molecule has 1 aliphatic heterocycles. The van der Waals surface area contributed by atoms with E-state index in [0.29, 0.717) is 34.2 Å². The van der Waals surface area contributed by atoms with Gasteiger partial charge in [0.05, 0.1) is 0 Å². The Morgan fingerprint density at radius 2 is 1.92 bits per heavy atom. The van der Waals surface area contributed by atoms with Crippen molar-refractivity contribution in [2.24, 2.45) is 0 Å². The van der Waals surface area contributed by atoms with Crippen molar-refractivity contribution in [1.82, 2.24) is 4.98 Å². The molecule has 3 aromatic rings. The molecule has 6 nitrogen and oxygen atoms in total. The number of hydrogen-bond donors (Lipinski definition) is 1. The minimum Gasteiger partial charge on any atom is -0.482 e. The maximum absolute atomic E-state index is 12.6. The Hall–Kier alpha value is -3.02. The van der Waals surface area contributed by atoms with Crippen LogP contribution in [0.25, 0.3) is 11.1 Å². The Morgan fingerprint density at radius 1 is 1.16 bits per heavy atom. The van der Waals surface area contributed by atoms with E-state index in [1.807, 2.05) is 32.0 Å². The number of oxazole rings is 1. The summed E-state index contributed by atoms with van der Waals surface area (Å²) in [7, 11) is 0. The molecule has 0 spiro atoms. The molecule has 128 valence electrons. The van der Waals surface area contributed by atoms with Crippen molar-refractivity contribution < 1.29 is 18.7 Å². The summed E-state index contributed by atoms with van der Waals surface area (Å²) in [5, 5.41) is 2.87. The van der Waals surface area contributed by atoms with Crippen molar-refractivity contribution in [2.45, 2.75) is 32.5 Å². The van der Waals surface area contributed by atoms with E-state index >= 15 is 0 Å². The lowest BCUT2D eigenvalue weighted by Crippen LogP contribution is -2.46. The maximum Gasteiger partial charge on any atom is 0.269 e. The molecule has 0 aliphatic carbocycles. The first kappa shape index (κ1) is 15.5. The number of carbonyl (C=O) groups is 1. The monoisotopic (exact) mass is 338 g/mol. The van der Waals surface area contributed by atoms with Gasteiger partial charge in [0.25, 0.3) is 5.91 Å². The van der Waals surface area contributed by atoms with Crippen LogP contribution in [0.1, 0.15) is 19.7 Å². The topological polar surface area (TPSA) is 73.6 Å². The number of anilines is 1. The van der Waals surface area contributed by atoms with Crippen LogP contribution in [0.2, 0.25) is 0 Å². The van der Waals surface area contributed by atoms with Crippen molar-refractivity contribution in [1.29, 1.82) is 0 Å². The van der Waals surface area contributed by atoms with Crippen LogP contribution in [0.4, 0.5) is 5.69 Å². The smallest absolute Gasteiger partial charge is 0.269 e. The van der Waals surface area contributed by atoms with Gasteiger partial charge in [0.2, 0.25) is 6.10 Å². The molecule has 1 aliphatic rings. The maximum atomic E-state index is 12.6. The van der Waals surface area contributed by atoms with Gasteiger partial charge < -0.3 is 19.2 Å². The molecule has 2 atom stereocenters. The van der Waals surface area contributed by atoms with Crippen molar-refractivity contribution >= 4 is 22.7 Å². The van der Waals surface area contributed by atoms with Gasteiger partial charge in [0.1, 0.15) is 11.6 Å². The van der Waals surface area contributed by atoms with E-state index in [1.54, 1.807) is 24.3 Å². The summed E-state index contributed by atoms with van der Waals surface area (Å²) in [6.07, 6.45) is -0.396. The molecular weight excluding hydrogens is 320 g/mol. The summed E-state index contributed by atoms with van der Waals surface area (Å²) in [6.45, 7) is 3.79. The molecule has 2 unspecified atom stereocenters. The Kier molecular flexibility index (Phi) is 3.80. The molecule has 4 rings (SSSR count). The summed E-state index contributed by atoms with van der Waals surface area (Å²) >= 11 is 0. The normalized spacial score (nSPS) is 19.0. The lowest BCUT2D eigenvalue weighted by Gasteiger charge is -2.30. The minimum atomic E-state index is -0.728. The van der Waals surface area contributed by atoms with Gasteiger partial charge in [-0.3, -0.25) is 4.79 Å². The molecule has 2 heterocycles. The van der Waals surface area contributed by atoms with Gasteiger partial charge >= 0.3 is 0 Å². The number of nitrogens with one attached hydrogen (secondary N) is 1. The van der Waals surface area contributed by atoms with Gasteiger partial charge in [0.15, 0.2) is 23.0 Å². The Labute approximate surface area is 144 Å². The van der Waals surface area contributed by atoms with Crippen LogP contribution < -0.4 is 14.8 Å². The number of aryl methyl sites for hydroxylation is 1. The number of fused-ring (bicyclic) bond motifs is 2. The van der Waals surface area contributed by atoms with Gasteiger partial charge in [-0.15, -0.1) is 0 Å². The molecule has 25 heavy (non-hydrogen) atoms. The first-order chi connectivity index (χ1) is 12.1. The fraction of sp³-hybridized carbons (Fsp3) is 0.263. The molecule has 0 bridgehead atoms. The molecule has 0 saturated carbocycles. The second-order valence-corrected chi connectivity index (χ2v) is 5.94. The summed E-state index contributed by atoms with van der Waals surface area (Å²) in [6, 6.07) is 12.7. The van der Waals surface area contributed by atoms with Crippen molar-refractivity contribution in [3.63, 3.8) is 0 Å². The molecular formula is C19H18N2O4. The predicted octanol–water partition coefficient (Wildman–Crippen LogP) is 3.56. The number of hydrogen-bond acceptors (Lipinski definition) is 5. The van der Waals surface area contributed by atoms with E-state index in [4.69, 9.17) is 13.9 Å². The Balaban J connectivity index is 1.53. The second kappa shape index (κ2) is 6.12. The first-order valence-corrected chi connectivity index (χ1v) is 8.26. The minimum absolute atomic E-state index is 0.263. The number of aromatic nitrogens is 1. The van der Waals surface area contributed by atoms with Crippen LogP contribution in [-0.4, -0.2) is 23.1 Å². The van der Waals surface area contributed by atoms with Gasteiger partial charge in [-0.2, -0.15) is 0 Å². The van der Waals surface area contributed by atoms with Crippen molar-refractivity contribution in [2.75, 3.05) is 5.32 Å². The van der Waals surface area contributed by atoms with E-state index in [2.05, 4.69) is 10.3 Å². The highest BCUT2D eigenvalue weighted by atomic mass is 16.6. The zero-order chi connectivity index (χ0) is 17.4. The van der Waals surface area contributed by atoms with Crippen LogP contribution >= 0.6 is 0 Å². The number of amides is 1. The SMILES string of the molecule is CCc1nc2cc(NC(=O)C3Oc4ccccc4OC3C)ccc2o1. The van der Waals surface area contributed by atoms with Gasteiger partial charge in [-0.25, -0.2) is 4.98 Å². The van der Waals surface area contributed by atoms with Crippen molar-refractivity contribution in [3.05, 3.63) is 48.4 Å². The summed E-state index contributed by atoms with van der Waals surface area (Å²) < 4.78 is 17.2.